The Kier molecular flexibility index (Phi) is 4.85. The molecule has 26 heavy (non-hydrogen) atoms. The van der Waals surface area contributed by atoms with Crippen molar-refractivity contribution in [2.75, 3.05) is 25.1 Å². The molecule has 3 atom stereocenters. The van der Waals surface area contributed by atoms with E-state index >= 15 is 0 Å². The molecule has 2 N–H and O–H groups in total. The van der Waals surface area contributed by atoms with Gasteiger partial charge in [0.15, 0.2) is 0 Å². The average Bonchev–Trinajstić information content (AvgIpc) is 3.15. The molecule has 4 heteroatoms. The minimum absolute atomic E-state index is 0.243. The van der Waals surface area contributed by atoms with Crippen molar-refractivity contribution in [1.29, 1.82) is 0 Å². The normalized spacial score (nSPS) is 23.2. The van der Waals surface area contributed by atoms with Gasteiger partial charge >= 0.3 is 0 Å². The molecule has 4 nitrogen and oxygen atoms in total. The van der Waals surface area contributed by atoms with Gasteiger partial charge in [-0.2, -0.15) is 0 Å². The summed E-state index contributed by atoms with van der Waals surface area (Å²) in [5.41, 5.74) is 3.67. The molecule has 136 valence electrons. The molecule has 4 rings (SSSR count). The summed E-state index contributed by atoms with van der Waals surface area (Å²) in [6.07, 6.45) is 5.65. The molecule has 0 amide bonds. The molecule has 0 saturated heterocycles. The van der Waals surface area contributed by atoms with Crippen molar-refractivity contribution in [2.24, 2.45) is 5.92 Å². The average molecular weight is 351 g/mol. The minimum Gasteiger partial charge on any atom is -0.508 e. The van der Waals surface area contributed by atoms with Crippen LogP contribution >= 0.6 is 0 Å². The number of fused-ring (bicyclic) bond motifs is 3. The number of phenols is 1. The van der Waals surface area contributed by atoms with Gasteiger partial charge in [0, 0.05) is 18.2 Å². The van der Waals surface area contributed by atoms with E-state index in [-0.39, 0.29) is 6.04 Å². The third-order valence-corrected chi connectivity index (χ3v) is 5.29. The zero-order valence-corrected chi connectivity index (χ0v) is 15.0. The molecule has 0 radical (unpaired) electrons. The molecule has 1 aliphatic carbocycles. The zero-order chi connectivity index (χ0) is 17.9. The Morgan fingerprint density at radius 3 is 2.77 bits per heavy atom. The summed E-state index contributed by atoms with van der Waals surface area (Å²) >= 11 is 0. The van der Waals surface area contributed by atoms with Gasteiger partial charge in [-0.3, -0.25) is 0 Å². The third kappa shape index (κ3) is 3.29. The summed E-state index contributed by atoms with van der Waals surface area (Å²) in [6.45, 7) is 3.88. The highest BCUT2D eigenvalue weighted by Crippen LogP contribution is 2.50. The van der Waals surface area contributed by atoms with E-state index in [9.17, 15) is 5.11 Å². The van der Waals surface area contributed by atoms with Crippen LogP contribution in [0.4, 0.5) is 5.69 Å². The van der Waals surface area contributed by atoms with Gasteiger partial charge in [-0.15, -0.1) is 0 Å². The van der Waals surface area contributed by atoms with Gasteiger partial charge in [0.1, 0.15) is 18.1 Å². The predicted molar refractivity (Wildman–Crippen MR) is 103 cm³/mol. The van der Waals surface area contributed by atoms with Gasteiger partial charge in [0.2, 0.25) is 0 Å². The molecule has 2 aliphatic rings. The highest BCUT2D eigenvalue weighted by atomic mass is 16.5. The molecule has 3 unspecified atom stereocenters. The number of hydrogen-bond donors (Lipinski definition) is 2. The number of anilines is 1. The summed E-state index contributed by atoms with van der Waals surface area (Å²) in [5, 5.41) is 13.3. The number of allylic oxidation sites excluding steroid dienone is 2. The highest BCUT2D eigenvalue weighted by molar-refractivity contribution is 5.61. The number of benzene rings is 2. The van der Waals surface area contributed by atoms with Crippen molar-refractivity contribution in [3.8, 4) is 11.5 Å². The molecule has 1 heterocycles. The third-order valence-electron chi connectivity index (χ3n) is 5.29. The van der Waals surface area contributed by atoms with Gasteiger partial charge < -0.3 is 19.9 Å². The smallest absolute Gasteiger partial charge is 0.119 e. The Labute approximate surface area is 154 Å². The lowest BCUT2D eigenvalue weighted by Gasteiger charge is -2.37. The first kappa shape index (κ1) is 17.0. The lowest BCUT2D eigenvalue weighted by Crippen LogP contribution is -2.29. The second-order valence-electron chi connectivity index (χ2n) is 6.86. The van der Waals surface area contributed by atoms with Crippen LogP contribution in [0.25, 0.3) is 0 Å². The monoisotopic (exact) mass is 351 g/mol. The fraction of sp³-hybridized carbons (Fsp3) is 0.364. The van der Waals surface area contributed by atoms with Crippen molar-refractivity contribution in [1.82, 2.24) is 0 Å². The summed E-state index contributed by atoms with van der Waals surface area (Å²) in [4.78, 5) is 0. The van der Waals surface area contributed by atoms with E-state index in [0.717, 1.165) is 17.9 Å². The Morgan fingerprint density at radius 2 is 1.96 bits per heavy atom. The van der Waals surface area contributed by atoms with Gasteiger partial charge in [-0.25, -0.2) is 0 Å². The van der Waals surface area contributed by atoms with Gasteiger partial charge in [0.25, 0.3) is 0 Å². The number of phenolic OH excluding ortho intramolecular Hbond substituents is 1. The molecule has 0 bridgehead atoms. The maximum absolute atomic E-state index is 9.58. The van der Waals surface area contributed by atoms with Crippen molar-refractivity contribution >= 4 is 5.69 Å². The SMILES string of the molecule is CCOCCOc1ccc2c(c1)C1C=CCC1C(c1ccc(O)cc1)N2. The molecule has 1 aliphatic heterocycles. The quantitative estimate of drug-likeness (QED) is 0.588. The van der Waals surface area contributed by atoms with E-state index < -0.39 is 0 Å². The van der Waals surface area contributed by atoms with E-state index in [1.165, 1.54) is 11.1 Å². The van der Waals surface area contributed by atoms with Crippen molar-refractivity contribution in [2.45, 2.75) is 25.3 Å². The maximum atomic E-state index is 9.58. The first-order chi connectivity index (χ1) is 12.8. The molecule has 0 fully saturated rings. The fourth-order valence-corrected chi connectivity index (χ4v) is 4.04. The van der Waals surface area contributed by atoms with Crippen LogP contribution in [0.5, 0.6) is 11.5 Å². The zero-order valence-electron chi connectivity index (χ0n) is 15.0. The van der Waals surface area contributed by atoms with Crippen molar-refractivity contribution in [3.63, 3.8) is 0 Å². The summed E-state index contributed by atoms with van der Waals surface area (Å²) in [7, 11) is 0. The summed E-state index contributed by atoms with van der Waals surface area (Å²) in [5.74, 6) is 2.07. The predicted octanol–water partition coefficient (Wildman–Crippen LogP) is 4.63. The first-order valence-electron chi connectivity index (χ1n) is 9.33. The van der Waals surface area contributed by atoms with Gasteiger partial charge in [-0.1, -0.05) is 24.3 Å². The Morgan fingerprint density at radius 1 is 1.12 bits per heavy atom. The molecular weight excluding hydrogens is 326 g/mol. The van der Waals surface area contributed by atoms with E-state index in [2.05, 4.69) is 29.6 Å². The number of nitrogens with one attached hydrogen (secondary N) is 1. The molecule has 0 spiro atoms. The van der Waals surface area contributed by atoms with E-state index in [1.807, 2.05) is 25.1 Å². The van der Waals surface area contributed by atoms with Crippen LogP contribution in [0.15, 0.2) is 54.6 Å². The Balaban J connectivity index is 1.57. The molecular formula is C22H25NO3. The van der Waals surface area contributed by atoms with Crippen LogP contribution in [0, 0.1) is 5.92 Å². The first-order valence-corrected chi connectivity index (χ1v) is 9.33. The standard InChI is InChI=1S/C22H25NO3/c1-2-25-12-13-26-17-10-11-21-20(14-17)18-4-3-5-19(18)22(23-21)15-6-8-16(24)9-7-15/h3-4,6-11,14,18-19,22-24H,2,5,12-13H2,1H3. The molecule has 0 aromatic heterocycles. The minimum atomic E-state index is 0.243. The number of aromatic hydroxyl groups is 1. The maximum Gasteiger partial charge on any atom is 0.119 e. The number of hydrogen-bond acceptors (Lipinski definition) is 4. The second kappa shape index (κ2) is 7.42. The Bertz CT molecular complexity index is 784. The van der Waals surface area contributed by atoms with Crippen LogP contribution in [-0.4, -0.2) is 24.9 Å². The largest absolute Gasteiger partial charge is 0.508 e. The lowest BCUT2D eigenvalue weighted by molar-refractivity contribution is 0.110. The fourth-order valence-electron chi connectivity index (χ4n) is 4.04. The second-order valence-corrected chi connectivity index (χ2v) is 6.86. The topological polar surface area (TPSA) is 50.7 Å². The Hall–Kier alpha value is -2.46. The van der Waals surface area contributed by atoms with Crippen molar-refractivity contribution in [3.05, 3.63) is 65.7 Å². The van der Waals surface area contributed by atoms with Gasteiger partial charge in [0.05, 0.1) is 12.6 Å². The summed E-state index contributed by atoms with van der Waals surface area (Å²) in [6, 6.07) is 14.1. The van der Waals surface area contributed by atoms with Crippen molar-refractivity contribution < 1.29 is 14.6 Å². The lowest BCUT2D eigenvalue weighted by atomic mass is 9.77. The van der Waals surface area contributed by atoms with E-state index in [0.29, 0.717) is 37.4 Å². The van der Waals surface area contributed by atoms with Crippen LogP contribution < -0.4 is 10.1 Å². The molecule has 2 aromatic rings. The van der Waals surface area contributed by atoms with Crippen LogP contribution in [-0.2, 0) is 4.74 Å². The van der Waals surface area contributed by atoms with E-state index in [4.69, 9.17) is 9.47 Å². The number of ether oxygens (including phenoxy) is 2. The molecule has 0 saturated carbocycles. The van der Waals surface area contributed by atoms with E-state index in [1.54, 1.807) is 12.1 Å². The molecule has 2 aromatic carbocycles. The summed E-state index contributed by atoms with van der Waals surface area (Å²) < 4.78 is 11.2. The van der Waals surface area contributed by atoms with Gasteiger partial charge in [-0.05, 0) is 60.7 Å². The number of rotatable bonds is 6. The highest BCUT2D eigenvalue weighted by Gasteiger charge is 2.37. The van der Waals surface area contributed by atoms with Crippen LogP contribution in [0.2, 0.25) is 0 Å². The van der Waals surface area contributed by atoms with Crippen LogP contribution in [0.3, 0.4) is 0 Å². The van der Waals surface area contributed by atoms with Crippen LogP contribution in [0.1, 0.15) is 36.4 Å².